The zero-order valence-corrected chi connectivity index (χ0v) is 13.1. The minimum Gasteiger partial charge on any atom is -0.320 e. The number of aryl methyl sites for hydroxylation is 1. The fourth-order valence-electron chi connectivity index (χ4n) is 1.97. The van der Waals surface area contributed by atoms with Crippen molar-refractivity contribution in [1.82, 2.24) is 0 Å². The molecule has 0 aliphatic heterocycles. The second-order valence-electron chi connectivity index (χ2n) is 4.66. The van der Waals surface area contributed by atoms with Gasteiger partial charge in [-0.25, -0.2) is 0 Å². The van der Waals surface area contributed by atoms with Gasteiger partial charge in [-0.3, -0.25) is 4.79 Å². The molecule has 3 nitrogen and oxygen atoms in total. The molecular weight excluding hydrogens is 316 g/mol. The maximum atomic E-state index is 12.0. The largest absolute Gasteiger partial charge is 0.320 e. The van der Waals surface area contributed by atoms with E-state index < -0.39 is 0 Å². The van der Waals surface area contributed by atoms with Crippen LogP contribution in [0, 0.1) is 0 Å². The van der Waals surface area contributed by atoms with Gasteiger partial charge in [0.1, 0.15) is 0 Å². The summed E-state index contributed by atoms with van der Waals surface area (Å²) in [5.74, 6) is -0.0369. The third-order valence-corrected chi connectivity index (χ3v) is 3.66. The van der Waals surface area contributed by atoms with Gasteiger partial charge in [0.25, 0.3) is 5.91 Å². The molecule has 0 bridgehead atoms. The number of benzene rings is 1. The zero-order valence-electron chi connectivity index (χ0n) is 11.5. The van der Waals surface area contributed by atoms with Crippen LogP contribution in [0.2, 0.25) is 0 Å². The number of nitrogens with one attached hydrogen (secondary N) is 1. The van der Waals surface area contributed by atoms with Crippen molar-refractivity contribution in [2.24, 2.45) is 0 Å². The Kier molecular flexibility index (Phi) is 5.30. The Bertz CT molecular complexity index is 581. The van der Waals surface area contributed by atoms with Crippen LogP contribution in [-0.4, -0.2) is 5.91 Å². The molecule has 4 heteroatoms. The van der Waals surface area contributed by atoms with Gasteiger partial charge in [0.15, 0.2) is 12.4 Å². The highest BCUT2D eigenvalue weighted by Gasteiger charge is 2.10. The monoisotopic (exact) mass is 333 g/mol. The fourth-order valence-corrected chi connectivity index (χ4v) is 2.35. The summed E-state index contributed by atoms with van der Waals surface area (Å²) in [5.41, 5.74) is 2.09. The summed E-state index contributed by atoms with van der Waals surface area (Å²) >= 11 is 3.42. The lowest BCUT2D eigenvalue weighted by Gasteiger charge is -2.05. The van der Waals surface area contributed by atoms with Crippen molar-refractivity contribution >= 4 is 27.5 Å². The SMILES string of the molecule is CCCc1cc[n+](CC(=O)Nc2ccccc2Br)cc1. The number of para-hydroxylation sites is 1. The minimum absolute atomic E-state index is 0.0369. The standard InChI is InChI=1S/C16H17BrN2O/c1-2-5-13-8-10-19(11-9-13)12-16(20)18-15-7-4-3-6-14(15)17/h3-4,6-11H,2,5,12H2,1H3/p+1. The topological polar surface area (TPSA) is 33.0 Å². The predicted octanol–water partition coefficient (Wildman–Crippen LogP) is 3.33. The average molecular weight is 334 g/mol. The Morgan fingerprint density at radius 2 is 1.90 bits per heavy atom. The van der Waals surface area contributed by atoms with Crippen LogP contribution >= 0.6 is 15.9 Å². The zero-order chi connectivity index (χ0) is 14.4. The minimum atomic E-state index is -0.0369. The van der Waals surface area contributed by atoms with E-state index >= 15 is 0 Å². The summed E-state index contributed by atoms with van der Waals surface area (Å²) in [6.45, 7) is 2.47. The number of carbonyl (C=O) groups excluding carboxylic acids is 1. The summed E-state index contributed by atoms with van der Waals surface area (Å²) in [4.78, 5) is 12.0. The summed E-state index contributed by atoms with van der Waals surface area (Å²) in [6, 6.07) is 11.7. The van der Waals surface area contributed by atoms with Crippen molar-refractivity contribution < 1.29 is 9.36 Å². The number of nitrogens with zero attached hydrogens (tertiary/aromatic N) is 1. The number of amides is 1. The quantitative estimate of drug-likeness (QED) is 0.836. The fraction of sp³-hybridized carbons (Fsp3) is 0.250. The van der Waals surface area contributed by atoms with E-state index in [1.165, 1.54) is 5.56 Å². The number of hydrogen-bond acceptors (Lipinski definition) is 1. The molecule has 2 rings (SSSR count). The third kappa shape index (κ3) is 4.17. The second-order valence-corrected chi connectivity index (χ2v) is 5.51. The molecule has 0 atom stereocenters. The van der Waals surface area contributed by atoms with E-state index in [1.807, 2.05) is 41.2 Å². The molecule has 0 aliphatic rings. The number of halogens is 1. The summed E-state index contributed by atoms with van der Waals surface area (Å²) in [5, 5.41) is 2.89. The van der Waals surface area contributed by atoms with Crippen molar-refractivity contribution in [1.29, 1.82) is 0 Å². The van der Waals surface area contributed by atoms with Crippen LogP contribution < -0.4 is 9.88 Å². The molecule has 1 amide bonds. The van der Waals surface area contributed by atoms with Crippen LogP contribution in [0.3, 0.4) is 0 Å². The summed E-state index contributed by atoms with van der Waals surface area (Å²) < 4.78 is 2.77. The van der Waals surface area contributed by atoms with Gasteiger partial charge >= 0.3 is 0 Å². The molecule has 1 heterocycles. The van der Waals surface area contributed by atoms with E-state index in [2.05, 4.69) is 40.3 Å². The normalized spacial score (nSPS) is 10.3. The molecule has 0 saturated carbocycles. The van der Waals surface area contributed by atoms with Gasteiger partial charge in [-0.2, -0.15) is 4.57 Å². The van der Waals surface area contributed by atoms with Crippen LogP contribution in [0.1, 0.15) is 18.9 Å². The Morgan fingerprint density at radius 1 is 1.20 bits per heavy atom. The summed E-state index contributed by atoms with van der Waals surface area (Å²) in [7, 11) is 0. The molecule has 1 N–H and O–H groups in total. The van der Waals surface area contributed by atoms with Crippen LogP contribution in [0.5, 0.6) is 0 Å². The van der Waals surface area contributed by atoms with Crippen molar-refractivity contribution in [2.45, 2.75) is 26.3 Å². The van der Waals surface area contributed by atoms with Crippen molar-refractivity contribution in [3.05, 3.63) is 58.8 Å². The second kappa shape index (κ2) is 7.20. The maximum Gasteiger partial charge on any atom is 0.290 e. The molecule has 0 fully saturated rings. The molecule has 0 aliphatic carbocycles. The van der Waals surface area contributed by atoms with Gasteiger partial charge < -0.3 is 5.32 Å². The lowest BCUT2D eigenvalue weighted by atomic mass is 10.2. The molecular formula is C16H18BrN2O+. The van der Waals surface area contributed by atoms with Gasteiger partial charge in [-0.1, -0.05) is 25.5 Å². The molecule has 1 aromatic heterocycles. The van der Waals surface area contributed by atoms with Gasteiger partial charge in [0, 0.05) is 16.6 Å². The van der Waals surface area contributed by atoms with E-state index in [-0.39, 0.29) is 5.91 Å². The Balaban J connectivity index is 1.96. The number of rotatable bonds is 5. The Labute approximate surface area is 127 Å². The highest BCUT2D eigenvalue weighted by Crippen LogP contribution is 2.20. The highest BCUT2D eigenvalue weighted by atomic mass is 79.9. The van der Waals surface area contributed by atoms with Gasteiger partial charge in [-0.05, 0) is 40.0 Å². The lowest BCUT2D eigenvalue weighted by molar-refractivity contribution is -0.684. The van der Waals surface area contributed by atoms with Gasteiger partial charge in [0.2, 0.25) is 6.54 Å². The van der Waals surface area contributed by atoms with Crippen LogP contribution in [0.15, 0.2) is 53.3 Å². The maximum absolute atomic E-state index is 12.0. The van der Waals surface area contributed by atoms with E-state index in [1.54, 1.807) is 0 Å². The molecule has 2 aromatic rings. The van der Waals surface area contributed by atoms with Crippen LogP contribution in [0.4, 0.5) is 5.69 Å². The van der Waals surface area contributed by atoms with Crippen molar-refractivity contribution in [3.63, 3.8) is 0 Å². The van der Waals surface area contributed by atoms with Crippen LogP contribution in [0.25, 0.3) is 0 Å². The Hall–Kier alpha value is -1.68. The molecule has 20 heavy (non-hydrogen) atoms. The number of hydrogen-bond donors (Lipinski definition) is 1. The first-order valence-electron chi connectivity index (χ1n) is 6.71. The van der Waals surface area contributed by atoms with Crippen molar-refractivity contribution in [2.75, 3.05) is 5.32 Å². The highest BCUT2D eigenvalue weighted by molar-refractivity contribution is 9.10. The first-order chi connectivity index (χ1) is 9.69. The van der Waals surface area contributed by atoms with Gasteiger partial charge in [0.05, 0.1) is 5.69 Å². The average Bonchev–Trinajstić information content (AvgIpc) is 2.44. The molecule has 0 radical (unpaired) electrons. The number of anilines is 1. The molecule has 0 unspecified atom stereocenters. The summed E-state index contributed by atoms with van der Waals surface area (Å²) in [6.07, 6.45) is 6.10. The predicted molar refractivity (Wildman–Crippen MR) is 83.4 cm³/mol. The molecule has 1 aromatic carbocycles. The van der Waals surface area contributed by atoms with E-state index in [0.717, 1.165) is 23.0 Å². The Morgan fingerprint density at radius 3 is 2.55 bits per heavy atom. The molecule has 104 valence electrons. The smallest absolute Gasteiger partial charge is 0.290 e. The molecule has 0 spiro atoms. The third-order valence-electron chi connectivity index (χ3n) is 2.97. The van der Waals surface area contributed by atoms with E-state index in [0.29, 0.717) is 6.54 Å². The van der Waals surface area contributed by atoms with Gasteiger partial charge in [-0.15, -0.1) is 0 Å². The van der Waals surface area contributed by atoms with Crippen molar-refractivity contribution in [3.8, 4) is 0 Å². The van der Waals surface area contributed by atoms with Crippen LogP contribution in [-0.2, 0) is 17.8 Å². The number of pyridine rings is 1. The number of aromatic nitrogens is 1. The first-order valence-corrected chi connectivity index (χ1v) is 7.50. The first kappa shape index (κ1) is 14.7. The van der Waals surface area contributed by atoms with E-state index in [9.17, 15) is 4.79 Å². The van der Waals surface area contributed by atoms with E-state index in [4.69, 9.17) is 0 Å². The lowest BCUT2D eigenvalue weighted by Crippen LogP contribution is -2.39. The molecule has 0 saturated heterocycles. The number of carbonyl (C=O) groups is 1.